The van der Waals surface area contributed by atoms with E-state index < -0.39 is 5.91 Å². The predicted octanol–water partition coefficient (Wildman–Crippen LogP) is 2.65. The van der Waals surface area contributed by atoms with Gasteiger partial charge in [0.15, 0.2) is 5.65 Å². The summed E-state index contributed by atoms with van der Waals surface area (Å²) < 4.78 is 1.87. The van der Waals surface area contributed by atoms with E-state index in [1.165, 1.54) is 29.9 Å². The number of rotatable bonds is 5. The Hall–Kier alpha value is -4.12. The highest BCUT2D eigenvalue weighted by atomic mass is 32.1. The van der Waals surface area contributed by atoms with Crippen LogP contribution in [0.4, 0.5) is 5.82 Å². The van der Waals surface area contributed by atoms with Gasteiger partial charge in [-0.2, -0.15) is 5.10 Å². The summed E-state index contributed by atoms with van der Waals surface area (Å²) in [5.41, 5.74) is 14.0. The second-order valence-electron chi connectivity index (χ2n) is 8.00. The van der Waals surface area contributed by atoms with Gasteiger partial charge in [0.05, 0.1) is 32.4 Å². The smallest absolute Gasteiger partial charge is 0.250 e. The molecule has 0 radical (unpaired) electrons. The number of thiophene rings is 1. The molecule has 0 aromatic carbocycles. The van der Waals surface area contributed by atoms with E-state index in [-0.39, 0.29) is 11.9 Å². The Labute approximate surface area is 198 Å². The summed E-state index contributed by atoms with van der Waals surface area (Å²) in [6, 6.07) is 7.28. The number of nitrogen functional groups attached to an aromatic ring is 1. The summed E-state index contributed by atoms with van der Waals surface area (Å²) in [4.78, 5) is 40.1. The number of pyridine rings is 1. The minimum atomic E-state index is -0.519. The topological polar surface area (TPSA) is 146 Å². The number of amides is 2. The zero-order valence-corrected chi connectivity index (χ0v) is 19.0. The van der Waals surface area contributed by atoms with E-state index in [4.69, 9.17) is 16.6 Å². The van der Waals surface area contributed by atoms with Crippen molar-refractivity contribution in [1.29, 1.82) is 0 Å². The van der Waals surface area contributed by atoms with Gasteiger partial charge in [-0.25, -0.2) is 14.6 Å². The number of carbonyl (C=O) groups excluding carboxylic acids is 2. The van der Waals surface area contributed by atoms with Crippen molar-refractivity contribution in [1.82, 2.24) is 29.6 Å². The van der Waals surface area contributed by atoms with Crippen LogP contribution in [0.1, 0.15) is 29.2 Å². The van der Waals surface area contributed by atoms with E-state index in [0.717, 1.165) is 28.3 Å². The van der Waals surface area contributed by atoms with Gasteiger partial charge < -0.3 is 16.4 Å². The molecule has 1 aliphatic heterocycles. The molecule has 1 unspecified atom stereocenters. The van der Waals surface area contributed by atoms with Gasteiger partial charge in [-0.15, -0.1) is 11.3 Å². The van der Waals surface area contributed by atoms with Crippen LogP contribution in [0.3, 0.4) is 0 Å². The van der Waals surface area contributed by atoms with E-state index in [1.807, 2.05) is 16.8 Å². The molecule has 2 amide bonds. The van der Waals surface area contributed by atoms with Gasteiger partial charge >= 0.3 is 0 Å². The summed E-state index contributed by atoms with van der Waals surface area (Å²) in [7, 11) is 0. The largest absolute Gasteiger partial charge is 0.383 e. The first-order chi connectivity index (χ1) is 16.5. The maximum atomic E-state index is 12.2. The molecule has 1 aliphatic rings. The SMILES string of the molecule is C=CC(=O)N1CCCC(n2nc(-c3ccc(-c4ccc(C(N)=O)cn4)s3)c3c(N)ncnc32)C1. The van der Waals surface area contributed by atoms with E-state index in [2.05, 4.69) is 21.5 Å². The van der Waals surface area contributed by atoms with Gasteiger partial charge in [-0.3, -0.25) is 14.6 Å². The number of nitrogens with two attached hydrogens (primary N) is 2. The first kappa shape index (κ1) is 21.7. The molecule has 34 heavy (non-hydrogen) atoms. The lowest BCUT2D eigenvalue weighted by Crippen LogP contribution is -2.40. The number of carbonyl (C=O) groups is 2. The number of fused-ring (bicyclic) bond motifs is 1. The number of anilines is 1. The lowest BCUT2D eigenvalue weighted by atomic mass is 10.1. The molecule has 10 nitrogen and oxygen atoms in total. The van der Waals surface area contributed by atoms with E-state index in [0.29, 0.717) is 41.2 Å². The number of likely N-dealkylation sites (tertiary alicyclic amines) is 1. The van der Waals surface area contributed by atoms with Crippen LogP contribution in [0.5, 0.6) is 0 Å². The monoisotopic (exact) mass is 474 g/mol. The van der Waals surface area contributed by atoms with Crippen LogP contribution < -0.4 is 11.5 Å². The van der Waals surface area contributed by atoms with E-state index in [9.17, 15) is 9.59 Å². The number of primary amides is 1. The van der Waals surface area contributed by atoms with Crippen molar-refractivity contribution in [3.05, 3.63) is 55.0 Å². The molecular formula is C23H22N8O2S. The third-order valence-corrected chi connectivity index (χ3v) is 7.00. The Balaban J connectivity index is 1.54. The van der Waals surface area contributed by atoms with Crippen LogP contribution in [0.2, 0.25) is 0 Å². The fourth-order valence-corrected chi connectivity index (χ4v) is 5.17. The van der Waals surface area contributed by atoms with Crippen molar-refractivity contribution < 1.29 is 9.59 Å². The molecule has 0 bridgehead atoms. The first-order valence-corrected chi connectivity index (χ1v) is 11.5. The Kier molecular flexibility index (Phi) is 5.54. The van der Waals surface area contributed by atoms with Crippen molar-refractivity contribution in [2.24, 2.45) is 5.73 Å². The number of aromatic nitrogens is 5. The summed E-state index contributed by atoms with van der Waals surface area (Å²) in [6.45, 7) is 4.82. The van der Waals surface area contributed by atoms with Crippen molar-refractivity contribution in [3.63, 3.8) is 0 Å². The van der Waals surface area contributed by atoms with Crippen LogP contribution in [0.15, 0.2) is 49.4 Å². The highest BCUT2D eigenvalue weighted by Gasteiger charge is 2.28. The molecule has 0 aliphatic carbocycles. The van der Waals surface area contributed by atoms with Crippen molar-refractivity contribution >= 4 is 40.0 Å². The maximum Gasteiger partial charge on any atom is 0.250 e. The molecule has 4 N–H and O–H groups in total. The van der Waals surface area contributed by atoms with Gasteiger partial charge in [0.1, 0.15) is 17.8 Å². The molecule has 1 atom stereocenters. The first-order valence-electron chi connectivity index (χ1n) is 10.7. The Bertz CT molecular complexity index is 1410. The third kappa shape index (κ3) is 3.79. The fourth-order valence-electron chi connectivity index (χ4n) is 4.19. The predicted molar refractivity (Wildman–Crippen MR) is 130 cm³/mol. The molecule has 4 aromatic heterocycles. The number of hydrogen-bond donors (Lipinski definition) is 2. The number of piperidine rings is 1. The highest BCUT2D eigenvalue weighted by Crippen LogP contribution is 2.39. The lowest BCUT2D eigenvalue weighted by Gasteiger charge is -2.32. The van der Waals surface area contributed by atoms with Crippen molar-refractivity contribution in [3.8, 4) is 21.1 Å². The van der Waals surface area contributed by atoms with Gasteiger partial charge in [-0.05, 0) is 43.2 Å². The second kappa shape index (κ2) is 8.67. The average Bonchev–Trinajstić information content (AvgIpc) is 3.50. The van der Waals surface area contributed by atoms with Gasteiger partial charge in [0, 0.05) is 19.3 Å². The van der Waals surface area contributed by atoms with Crippen LogP contribution >= 0.6 is 11.3 Å². The third-order valence-electron chi connectivity index (χ3n) is 5.89. The van der Waals surface area contributed by atoms with Gasteiger partial charge in [-0.1, -0.05) is 6.58 Å². The Morgan fingerprint density at radius 2 is 1.97 bits per heavy atom. The van der Waals surface area contributed by atoms with Crippen LogP contribution in [0, 0.1) is 0 Å². The molecule has 1 saturated heterocycles. The Morgan fingerprint density at radius 1 is 1.15 bits per heavy atom. The molecular weight excluding hydrogens is 452 g/mol. The van der Waals surface area contributed by atoms with Crippen molar-refractivity contribution in [2.45, 2.75) is 18.9 Å². The van der Waals surface area contributed by atoms with Gasteiger partial charge in [0.25, 0.3) is 0 Å². The average molecular weight is 475 g/mol. The molecule has 0 saturated carbocycles. The summed E-state index contributed by atoms with van der Waals surface area (Å²) in [6.07, 6.45) is 5.96. The fraction of sp³-hybridized carbons (Fsp3) is 0.217. The minimum absolute atomic E-state index is 0.0364. The minimum Gasteiger partial charge on any atom is -0.383 e. The summed E-state index contributed by atoms with van der Waals surface area (Å²) in [5.74, 6) is -0.261. The zero-order valence-electron chi connectivity index (χ0n) is 18.2. The normalized spacial score (nSPS) is 16.0. The highest BCUT2D eigenvalue weighted by molar-refractivity contribution is 7.18. The standard InChI is InChI=1S/C23H22N8O2S/c1-2-18(32)30-9-3-4-14(11-30)31-23-19(21(24)27-12-28-23)20(29-31)17-8-7-16(34-17)15-6-5-13(10-26-15)22(25)33/h2,5-8,10,12,14H,1,3-4,9,11H2,(H2,25,33)(H2,24,27,28). The molecule has 4 aromatic rings. The molecule has 1 fully saturated rings. The Morgan fingerprint density at radius 3 is 2.71 bits per heavy atom. The number of nitrogens with zero attached hydrogens (tertiary/aromatic N) is 6. The zero-order chi connectivity index (χ0) is 23.8. The van der Waals surface area contributed by atoms with Crippen LogP contribution in [0.25, 0.3) is 32.2 Å². The lowest BCUT2D eigenvalue weighted by molar-refractivity contribution is -0.127. The molecule has 0 spiro atoms. The van der Waals surface area contributed by atoms with E-state index in [1.54, 1.807) is 17.0 Å². The molecule has 5 rings (SSSR count). The quantitative estimate of drug-likeness (QED) is 0.423. The molecule has 5 heterocycles. The summed E-state index contributed by atoms with van der Waals surface area (Å²) in [5, 5.41) is 5.59. The van der Waals surface area contributed by atoms with Crippen LogP contribution in [-0.4, -0.2) is 54.5 Å². The molecule has 172 valence electrons. The summed E-state index contributed by atoms with van der Waals surface area (Å²) >= 11 is 1.50. The second-order valence-corrected chi connectivity index (χ2v) is 9.08. The maximum absolute atomic E-state index is 12.2. The van der Waals surface area contributed by atoms with Crippen LogP contribution in [-0.2, 0) is 4.79 Å². The van der Waals surface area contributed by atoms with E-state index >= 15 is 0 Å². The molecule has 11 heteroatoms. The number of hydrogen-bond acceptors (Lipinski definition) is 8. The van der Waals surface area contributed by atoms with Crippen molar-refractivity contribution in [2.75, 3.05) is 18.8 Å². The van der Waals surface area contributed by atoms with Gasteiger partial charge in [0.2, 0.25) is 11.8 Å².